The molecule has 86 valence electrons. The Morgan fingerprint density at radius 2 is 1.88 bits per heavy atom. The van der Waals surface area contributed by atoms with E-state index in [9.17, 15) is 0 Å². The van der Waals surface area contributed by atoms with E-state index in [0.29, 0.717) is 11.3 Å². The molecule has 0 saturated carbocycles. The standard InChI is InChI=1S/C15H20O/c1-15(2)10-4-5-13(11-15)12-6-8-14(16-3)9-7-12/h4-9,13H,10-11H2,1-3H3. The highest BCUT2D eigenvalue weighted by Crippen LogP contribution is 2.39. The van der Waals surface area contributed by atoms with Gasteiger partial charge in [-0.25, -0.2) is 0 Å². The second-order valence-electron chi connectivity index (χ2n) is 5.38. The van der Waals surface area contributed by atoms with Crippen LogP contribution >= 0.6 is 0 Å². The molecule has 0 heterocycles. The van der Waals surface area contributed by atoms with E-state index in [1.807, 2.05) is 12.1 Å². The van der Waals surface area contributed by atoms with Crippen LogP contribution < -0.4 is 4.74 Å². The molecule has 0 aliphatic heterocycles. The molecule has 1 unspecified atom stereocenters. The van der Waals surface area contributed by atoms with Gasteiger partial charge in [-0.1, -0.05) is 38.1 Å². The van der Waals surface area contributed by atoms with Crippen molar-refractivity contribution in [2.75, 3.05) is 7.11 Å². The lowest BCUT2D eigenvalue weighted by molar-refractivity contribution is 0.311. The van der Waals surface area contributed by atoms with E-state index >= 15 is 0 Å². The van der Waals surface area contributed by atoms with Crippen LogP contribution in [0.2, 0.25) is 0 Å². The third-order valence-corrected chi connectivity index (χ3v) is 3.36. The van der Waals surface area contributed by atoms with E-state index in [0.717, 1.165) is 5.75 Å². The summed E-state index contributed by atoms with van der Waals surface area (Å²) in [6.45, 7) is 4.68. The molecule has 1 aliphatic carbocycles. The fourth-order valence-electron chi connectivity index (χ4n) is 2.38. The van der Waals surface area contributed by atoms with Gasteiger partial charge in [0.1, 0.15) is 5.75 Å². The lowest BCUT2D eigenvalue weighted by Gasteiger charge is -2.31. The Morgan fingerprint density at radius 3 is 2.44 bits per heavy atom. The number of rotatable bonds is 2. The van der Waals surface area contributed by atoms with Crippen molar-refractivity contribution in [2.24, 2.45) is 5.41 Å². The Balaban J connectivity index is 2.18. The number of hydrogen-bond donors (Lipinski definition) is 0. The second-order valence-corrected chi connectivity index (χ2v) is 5.38. The number of benzene rings is 1. The van der Waals surface area contributed by atoms with Crippen molar-refractivity contribution in [2.45, 2.75) is 32.6 Å². The quantitative estimate of drug-likeness (QED) is 0.675. The van der Waals surface area contributed by atoms with E-state index in [2.05, 4.69) is 38.1 Å². The van der Waals surface area contributed by atoms with Gasteiger partial charge in [-0.15, -0.1) is 0 Å². The summed E-state index contributed by atoms with van der Waals surface area (Å²) >= 11 is 0. The zero-order chi connectivity index (χ0) is 11.6. The molecule has 1 aromatic rings. The van der Waals surface area contributed by atoms with Crippen molar-refractivity contribution in [3.05, 3.63) is 42.0 Å². The maximum Gasteiger partial charge on any atom is 0.118 e. The average Bonchev–Trinajstić information content (AvgIpc) is 2.28. The lowest BCUT2D eigenvalue weighted by Crippen LogP contribution is -2.17. The average molecular weight is 216 g/mol. The van der Waals surface area contributed by atoms with Gasteiger partial charge in [-0.2, -0.15) is 0 Å². The molecule has 0 saturated heterocycles. The minimum atomic E-state index is 0.430. The van der Waals surface area contributed by atoms with Crippen LogP contribution in [0, 0.1) is 5.41 Å². The number of hydrogen-bond acceptors (Lipinski definition) is 1. The van der Waals surface area contributed by atoms with Gasteiger partial charge in [0.15, 0.2) is 0 Å². The van der Waals surface area contributed by atoms with Crippen LogP contribution in [0.5, 0.6) is 5.75 Å². The van der Waals surface area contributed by atoms with Crippen molar-refractivity contribution in [3.8, 4) is 5.75 Å². The van der Waals surface area contributed by atoms with Crippen LogP contribution in [0.15, 0.2) is 36.4 Å². The monoisotopic (exact) mass is 216 g/mol. The normalized spacial score (nSPS) is 23.1. The summed E-state index contributed by atoms with van der Waals surface area (Å²) in [6, 6.07) is 8.44. The van der Waals surface area contributed by atoms with E-state index in [4.69, 9.17) is 4.74 Å². The summed E-state index contributed by atoms with van der Waals surface area (Å²) < 4.78 is 5.18. The fourth-order valence-corrected chi connectivity index (χ4v) is 2.38. The first kappa shape index (κ1) is 11.3. The SMILES string of the molecule is COc1ccc(C2C=CCC(C)(C)C2)cc1. The summed E-state index contributed by atoms with van der Waals surface area (Å²) in [5, 5.41) is 0. The first-order valence-electron chi connectivity index (χ1n) is 5.91. The zero-order valence-corrected chi connectivity index (χ0v) is 10.4. The molecule has 16 heavy (non-hydrogen) atoms. The van der Waals surface area contributed by atoms with Gasteiger partial charge in [0.2, 0.25) is 0 Å². The molecule has 0 bridgehead atoms. The predicted molar refractivity (Wildman–Crippen MR) is 67.9 cm³/mol. The molecule has 0 amide bonds. The molecule has 1 heteroatoms. The van der Waals surface area contributed by atoms with E-state index in [1.54, 1.807) is 7.11 Å². The molecular formula is C15H20O. The number of ether oxygens (including phenoxy) is 1. The summed E-state index contributed by atoms with van der Waals surface area (Å²) in [5.41, 5.74) is 1.82. The topological polar surface area (TPSA) is 9.23 Å². The van der Waals surface area contributed by atoms with Gasteiger partial charge in [-0.05, 0) is 36.0 Å². The van der Waals surface area contributed by atoms with Gasteiger partial charge in [0.05, 0.1) is 7.11 Å². The third-order valence-electron chi connectivity index (χ3n) is 3.36. The van der Waals surface area contributed by atoms with Gasteiger partial charge >= 0.3 is 0 Å². The van der Waals surface area contributed by atoms with Crippen LogP contribution in [0.4, 0.5) is 0 Å². The molecule has 0 spiro atoms. The third kappa shape index (κ3) is 2.46. The Morgan fingerprint density at radius 1 is 1.19 bits per heavy atom. The first-order chi connectivity index (χ1) is 7.61. The van der Waals surface area contributed by atoms with E-state index in [1.165, 1.54) is 18.4 Å². The molecule has 0 N–H and O–H groups in total. The molecule has 1 atom stereocenters. The van der Waals surface area contributed by atoms with Crippen molar-refractivity contribution >= 4 is 0 Å². The molecule has 0 radical (unpaired) electrons. The second kappa shape index (κ2) is 4.32. The van der Waals surface area contributed by atoms with Crippen molar-refractivity contribution in [1.29, 1.82) is 0 Å². The molecule has 1 aromatic carbocycles. The Labute approximate surface area is 98.1 Å². The van der Waals surface area contributed by atoms with E-state index < -0.39 is 0 Å². The summed E-state index contributed by atoms with van der Waals surface area (Å²) in [7, 11) is 1.71. The molecular weight excluding hydrogens is 196 g/mol. The minimum Gasteiger partial charge on any atom is -0.497 e. The summed E-state index contributed by atoms with van der Waals surface area (Å²) in [6.07, 6.45) is 7.08. The van der Waals surface area contributed by atoms with Crippen LogP contribution in [-0.4, -0.2) is 7.11 Å². The number of allylic oxidation sites excluding steroid dienone is 2. The smallest absolute Gasteiger partial charge is 0.118 e. The first-order valence-corrected chi connectivity index (χ1v) is 5.91. The van der Waals surface area contributed by atoms with Crippen LogP contribution in [-0.2, 0) is 0 Å². The van der Waals surface area contributed by atoms with Crippen LogP contribution in [0.25, 0.3) is 0 Å². The minimum absolute atomic E-state index is 0.430. The maximum absolute atomic E-state index is 5.18. The zero-order valence-electron chi connectivity index (χ0n) is 10.4. The lowest BCUT2D eigenvalue weighted by atomic mass is 9.74. The van der Waals surface area contributed by atoms with Crippen molar-refractivity contribution < 1.29 is 4.74 Å². The predicted octanol–water partition coefficient (Wildman–Crippen LogP) is 4.16. The summed E-state index contributed by atoms with van der Waals surface area (Å²) in [5.74, 6) is 1.50. The highest BCUT2D eigenvalue weighted by atomic mass is 16.5. The molecule has 0 fully saturated rings. The van der Waals surface area contributed by atoms with Crippen LogP contribution in [0.3, 0.4) is 0 Å². The molecule has 1 nitrogen and oxygen atoms in total. The highest BCUT2D eigenvalue weighted by Gasteiger charge is 2.25. The van der Waals surface area contributed by atoms with E-state index in [-0.39, 0.29) is 0 Å². The summed E-state index contributed by atoms with van der Waals surface area (Å²) in [4.78, 5) is 0. The molecule has 0 aromatic heterocycles. The van der Waals surface area contributed by atoms with Crippen molar-refractivity contribution in [1.82, 2.24) is 0 Å². The molecule has 1 aliphatic rings. The van der Waals surface area contributed by atoms with Gasteiger partial charge in [0.25, 0.3) is 0 Å². The van der Waals surface area contributed by atoms with Gasteiger partial charge < -0.3 is 4.74 Å². The van der Waals surface area contributed by atoms with Gasteiger partial charge in [-0.3, -0.25) is 0 Å². The Bertz CT molecular complexity index is 373. The largest absolute Gasteiger partial charge is 0.497 e. The van der Waals surface area contributed by atoms with Crippen LogP contribution in [0.1, 0.15) is 38.2 Å². The number of methoxy groups -OCH3 is 1. The fraction of sp³-hybridized carbons (Fsp3) is 0.467. The maximum atomic E-state index is 5.18. The Kier molecular flexibility index (Phi) is 3.04. The highest BCUT2D eigenvalue weighted by molar-refractivity contribution is 5.32. The molecule has 2 rings (SSSR count). The van der Waals surface area contributed by atoms with Crippen molar-refractivity contribution in [3.63, 3.8) is 0 Å². The van der Waals surface area contributed by atoms with Gasteiger partial charge in [0, 0.05) is 5.92 Å². The Hall–Kier alpha value is -1.24.